The number of nitrogens with one attached hydrogen (secondary N) is 1. The molecule has 2 unspecified atom stereocenters. The predicted molar refractivity (Wildman–Crippen MR) is 53.9 cm³/mol. The third-order valence-electron chi connectivity index (χ3n) is 1.50. The Hall–Kier alpha value is -0.130. The second-order valence-electron chi connectivity index (χ2n) is 2.80. The summed E-state index contributed by atoms with van der Waals surface area (Å²) >= 11 is 3.14. The van der Waals surface area contributed by atoms with E-state index in [2.05, 4.69) is 21.2 Å². The van der Waals surface area contributed by atoms with E-state index >= 15 is 0 Å². The van der Waals surface area contributed by atoms with Crippen LogP contribution in [0.1, 0.15) is 13.3 Å². The Labute approximate surface area is 86.8 Å². The van der Waals surface area contributed by atoms with Crippen molar-refractivity contribution < 1.29 is 14.6 Å². The Bertz CT molecular complexity index is 152. The Morgan fingerprint density at radius 1 is 1.69 bits per heavy atom. The average molecular weight is 254 g/mol. The molecule has 0 aromatic rings. The van der Waals surface area contributed by atoms with Gasteiger partial charge in [0.05, 0.1) is 17.5 Å². The van der Waals surface area contributed by atoms with Crippen molar-refractivity contribution in [3.63, 3.8) is 0 Å². The highest BCUT2D eigenvalue weighted by Crippen LogP contribution is 1.96. The Morgan fingerprint density at radius 3 is 2.77 bits per heavy atom. The number of amides is 1. The molecule has 0 saturated heterocycles. The standard InChI is InChI=1S/C8H16BrNO3/c1-6(9)8(12)10-4-3-7(11)5-13-2/h6-7,11H,3-5H2,1-2H3,(H,10,12). The molecule has 0 fully saturated rings. The van der Waals surface area contributed by atoms with Gasteiger partial charge in [-0.1, -0.05) is 15.9 Å². The lowest BCUT2D eigenvalue weighted by atomic mass is 10.2. The first-order valence-corrected chi connectivity index (χ1v) is 5.08. The summed E-state index contributed by atoms with van der Waals surface area (Å²) < 4.78 is 4.74. The van der Waals surface area contributed by atoms with Crippen molar-refractivity contribution in [2.24, 2.45) is 0 Å². The molecule has 2 N–H and O–H groups in total. The van der Waals surface area contributed by atoms with E-state index in [-0.39, 0.29) is 10.7 Å². The fraction of sp³-hybridized carbons (Fsp3) is 0.875. The van der Waals surface area contributed by atoms with Gasteiger partial charge in [-0.25, -0.2) is 0 Å². The number of aliphatic hydroxyl groups excluding tert-OH is 1. The highest BCUT2D eigenvalue weighted by Gasteiger charge is 2.08. The minimum absolute atomic E-state index is 0.0652. The van der Waals surface area contributed by atoms with Crippen molar-refractivity contribution in [3.8, 4) is 0 Å². The van der Waals surface area contributed by atoms with Gasteiger partial charge >= 0.3 is 0 Å². The van der Waals surface area contributed by atoms with Gasteiger partial charge in [0.15, 0.2) is 0 Å². The third kappa shape index (κ3) is 6.98. The van der Waals surface area contributed by atoms with E-state index in [0.717, 1.165) is 0 Å². The van der Waals surface area contributed by atoms with Crippen molar-refractivity contribution in [3.05, 3.63) is 0 Å². The second-order valence-corrected chi connectivity index (χ2v) is 4.18. The van der Waals surface area contributed by atoms with Crippen LogP contribution in [0.3, 0.4) is 0 Å². The lowest BCUT2D eigenvalue weighted by Gasteiger charge is -2.10. The van der Waals surface area contributed by atoms with Crippen LogP contribution in [0, 0.1) is 0 Å². The summed E-state index contributed by atoms with van der Waals surface area (Å²) in [5, 5.41) is 11.9. The van der Waals surface area contributed by atoms with Gasteiger partial charge in [-0.3, -0.25) is 4.79 Å². The summed E-state index contributed by atoms with van der Waals surface area (Å²) in [5.74, 6) is -0.0652. The van der Waals surface area contributed by atoms with Crippen molar-refractivity contribution in [2.75, 3.05) is 20.3 Å². The first-order valence-electron chi connectivity index (χ1n) is 4.16. The zero-order valence-corrected chi connectivity index (χ0v) is 9.50. The number of methoxy groups -OCH3 is 1. The van der Waals surface area contributed by atoms with Crippen LogP contribution in [-0.4, -0.2) is 42.2 Å². The number of aliphatic hydroxyl groups is 1. The first-order chi connectivity index (χ1) is 6.07. The highest BCUT2D eigenvalue weighted by atomic mass is 79.9. The van der Waals surface area contributed by atoms with Crippen LogP contribution in [0.5, 0.6) is 0 Å². The average Bonchev–Trinajstić information content (AvgIpc) is 2.04. The topological polar surface area (TPSA) is 58.6 Å². The zero-order valence-electron chi connectivity index (χ0n) is 7.92. The van der Waals surface area contributed by atoms with Gasteiger partial charge in [0.1, 0.15) is 0 Å². The molecule has 0 rings (SSSR count). The molecule has 13 heavy (non-hydrogen) atoms. The van der Waals surface area contributed by atoms with E-state index in [1.165, 1.54) is 7.11 Å². The molecule has 0 aromatic carbocycles. The normalized spacial score (nSPS) is 15.1. The summed E-state index contributed by atoms with van der Waals surface area (Å²) in [6.45, 7) is 2.53. The molecule has 0 radical (unpaired) electrons. The number of hydrogen-bond donors (Lipinski definition) is 2. The van der Waals surface area contributed by atoms with Crippen molar-refractivity contribution >= 4 is 21.8 Å². The largest absolute Gasteiger partial charge is 0.391 e. The van der Waals surface area contributed by atoms with Gasteiger partial charge in [-0.2, -0.15) is 0 Å². The molecular weight excluding hydrogens is 238 g/mol. The first kappa shape index (κ1) is 12.9. The number of halogens is 1. The fourth-order valence-corrected chi connectivity index (χ4v) is 0.940. The Balaban J connectivity index is 3.39. The molecule has 0 aliphatic carbocycles. The maximum absolute atomic E-state index is 11.0. The zero-order chi connectivity index (χ0) is 10.3. The fourth-order valence-electron chi connectivity index (χ4n) is 0.778. The van der Waals surface area contributed by atoms with Gasteiger partial charge in [-0.05, 0) is 13.3 Å². The molecule has 1 amide bonds. The van der Waals surface area contributed by atoms with E-state index in [9.17, 15) is 9.90 Å². The van der Waals surface area contributed by atoms with E-state index in [1.54, 1.807) is 6.92 Å². The monoisotopic (exact) mass is 253 g/mol. The molecule has 0 heterocycles. The summed E-state index contributed by atoms with van der Waals surface area (Å²) in [5.41, 5.74) is 0. The molecule has 78 valence electrons. The SMILES string of the molecule is COCC(O)CCNC(=O)C(C)Br. The van der Waals surface area contributed by atoms with Crippen LogP contribution in [-0.2, 0) is 9.53 Å². The lowest BCUT2D eigenvalue weighted by molar-refractivity contribution is -0.120. The predicted octanol–water partition coefficient (Wildman–Crippen LogP) is 0.283. The van der Waals surface area contributed by atoms with Crippen LogP contribution in [0.2, 0.25) is 0 Å². The molecule has 0 aliphatic heterocycles. The van der Waals surface area contributed by atoms with Crippen LogP contribution < -0.4 is 5.32 Å². The molecular formula is C8H16BrNO3. The Morgan fingerprint density at radius 2 is 2.31 bits per heavy atom. The maximum atomic E-state index is 11.0. The van der Waals surface area contributed by atoms with Gasteiger partial charge in [0.2, 0.25) is 5.91 Å². The summed E-state index contributed by atoms with van der Waals surface area (Å²) in [4.78, 5) is 10.8. The van der Waals surface area contributed by atoms with Crippen molar-refractivity contribution in [1.82, 2.24) is 5.32 Å². The maximum Gasteiger partial charge on any atom is 0.233 e. The lowest BCUT2D eigenvalue weighted by Crippen LogP contribution is -2.32. The van der Waals surface area contributed by atoms with E-state index in [1.807, 2.05) is 0 Å². The van der Waals surface area contributed by atoms with Crippen LogP contribution >= 0.6 is 15.9 Å². The molecule has 0 saturated carbocycles. The number of alkyl halides is 1. The molecule has 5 heteroatoms. The van der Waals surface area contributed by atoms with Crippen molar-refractivity contribution in [1.29, 1.82) is 0 Å². The molecule has 2 atom stereocenters. The Kier molecular flexibility index (Phi) is 7.22. The minimum Gasteiger partial charge on any atom is -0.391 e. The minimum atomic E-state index is -0.504. The van der Waals surface area contributed by atoms with Crippen LogP contribution in [0.25, 0.3) is 0 Å². The van der Waals surface area contributed by atoms with Gasteiger partial charge in [0.25, 0.3) is 0 Å². The molecule has 0 bridgehead atoms. The smallest absolute Gasteiger partial charge is 0.233 e. The van der Waals surface area contributed by atoms with E-state index < -0.39 is 6.10 Å². The number of carbonyl (C=O) groups is 1. The number of carbonyl (C=O) groups excluding carboxylic acids is 1. The molecule has 0 aromatic heterocycles. The second kappa shape index (κ2) is 7.29. The number of ether oxygens (including phenoxy) is 1. The van der Waals surface area contributed by atoms with Crippen LogP contribution in [0.15, 0.2) is 0 Å². The molecule has 0 spiro atoms. The van der Waals surface area contributed by atoms with Crippen molar-refractivity contribution in [2.45, 2.75) is 24.3 Å². The molecule has 0 aliphatic rings. The summed E-state index contributed by atoms with van der Waals surface area (Å²) in [7, 11) is 1.53. The van der Waals surface area contributed by atoms with Gasteiger partial charge < -0.3 is 15.2 Å². The van der Waals surface area contributed by atoms with Crippen LogP contribution in [0.4, 0.5) is 0 Å². The number of rotatable bonds is 6. The van der Waals surface area contributed by atoms with Gasteiger partial charge in [-0.15, -0.1) is 0 Å². The highest BCUT2D eigenvalue weighted by molar-refractivity contribution is 9.10. The van der Waals surface area contributed by atoms with E-state index in [4.69, 9.17) is 4.74 Å². The van der Waals surface area contributed by atoms with Gasteiger partial charge in [0, 0.05) is 13.7 Å². The number of hydrogen-bond acceptors (Lipinski definition) is 3. The summed E-state index contributed by atoms with van der Waals surface area (Å²) in [6, 6.07) is 0. The molecule has 4 nitrogen and oxygen atoms in total. The quantitative estimate of drug-likeness (QED) is 0.669. The van der Waals surface area contributed by atoms with E-state index in [0.29, 0.717) is 19.6 Å². The third-order valence-corrected chi connectivity index (χ3v) is 1.91. The summed E-state index contributed by atoms with van der Waals surface area (Å²) in [6.07, 6.45) is 0.00943.